The van der Waals surface area contributed by atoms with Gasteiger partial charge in [-0.05, 0) is 54.4 Å². The first-order chi connectivity index (χ1) is 14.7. The molecule has 1 N–H and O–H groups in total. The second-order valence-electron chi connectivity index (χ2n) is 6.70. The molecule has 6 heteroatoms. The lowest BCUT2D eigenvalue weighted by Crippen LogP contribution is -2.20. The quantitative estimate of drug-likeness (QED) is 0.474. The van der Waals surface area contributed by atoms with Crippen LogP contribution in [0.2, 0.25) is 0 Å². The molecule has 150 valence electrons. The van der Waals surface area contributed by atoms with Crippen LogP contribution in [0.1, 0.15) is 12.5 Å². The Morgan fingerprint density at radius 1 is 0.900 bits per heavy atom. The van der Waals surface area contributed by atoms with E-state index < -0.39 is 0 Å². The molecule has 4 aromatic rings. The van der Waals surface area contributed by atoms with E-state index in [-0.39, 0.29) is 12.5 Å². The van der Waals surface area contributed by atoms with Crippen molar-refractivity contribution >= 4 is 11.6 Å². The Bertz CT molecular complexity index is 1140. The third-order valence-electron chi connectivity index (χ3n) is 4.52. The lowest BCUT2D eigenvalue weighted by atomic mass is 10.2. The number of nitrogens with zero attached hydrogens (tertiary/aromatic N) is 2. The van der Waals surface area contributed by atoms with E-state index in [1.54, 1.807) is 12.1 Å². The summed E-state index contributed by atoms with van der Waals surface area (Å²) in [5.74, 6) is 1.27. The van der Waals surface area contributed by atoms with Crippen molar-refractivity contribution in [2.24, 2.45) is 0 Å². The molecule has 0 saturated carbocycles. The van der Waals surface area contributed by atoms with Crippen LogP contribution in [-0.2, 0) is 11.2 Å². The van der Waals surface area contributed by atoms with Gasteiger partial charge in [-0.3, -0.25) is 4.79 Å². The maximum atomic E-state index is 12.3. The van der Waals surface area contributed by atoms with Gasteiger partial charge in [-0.1, -0.05) is 43.3 Å². The van der Waals surface area contributed by atoms with Gasteiger partial charge in [0.1, 0.15) is 5.75 Å². The van der Waals surface area contributed by atoms with Gasteiger partial charge < -0.3 is 14.5 Å². The Labute approximate surface area is 174 Å². The highest BCUT2D eigenvalue weighted by Gasteiger charge is 2.11. The Morgan fingerprint density at radius 2 is 1.63 bits per heavy atom. The highest BCUT2D eigenvalue weighted by atomic mass is 16.5. The molecule has 0 spiro atoms. The van der Waals surface area contributed by atoms with Crippen LogP contribution in [-0.4, -0.2) is 22.7 Å². The Kier molecular flexibility index (Phi) is 5.85. The largest absolute Gasteiger partial charge is 0.484 e. The number of ether oxygens (including phenoxy) is 1. The maximum Gasteiger partial charge on any atom is 0.262 e. The van der Waals surface area contributed by atoms with Crippen molar-refractivity contribution in [1.29, 1.82) is 0 Å². The predicted molar refractivity (Wildman–Crippen MR) is 115 cm³/mol. The molecule has 1 heterocycles. The van der Waals surface area contributed by atoms with Crippen LogP contribution in [0.5, 0.6) is 5.75 Å². The number of nitrogens with one attached hydrogen (secondary N) is 1. The fraction of sp³-hybridized carbons (Fsp3) is 0.125. The van der Waals surface area contributed by atoms with Crippen LogP contribution in [0, 0.1) is 0 Å². The smallest absolute Gasteiger partial charge is 0.262 e. The topological polar surface area (TPSA) is 77.2 Å². The third kappa shape index (κ3) is 4.72. The van der Waals surface area contributed by atoms with Crippen LogP contribution in [0.15, 0.2) is 83.3 Å². The first kappa shape index (κ1) is 19.4. The number of anilines is 1. The number of amides is 1. The first-order valence-corrected chi connectivity index (χ1v) is 9.72. The fourth-order valence-corrected chi connectivity index (χ4v) is 2.97. The molecule has 0 atom stereocenters. The number of aromatic nitrogens is 2. The SMILES string of the molecule is CCc1cccc(OCC(=O)Nc2cccc(-c3nnc(-c4ccccc4)o3)c2)c1. The second-order valence-corrected chi connectivity index (χ2v) is 6.70. The van der Waals surface area contributed by atoms with E-state index in [0.717, 1.165) is 23.1 Å². The predicted octanol–water partition coefficient (Wildman–Crippen LogP) is 4.98. The summed E-state index contributed by atoms with van der Waals surface area (Å²) in [4.78, 5) is 12.3. The highest BCUT2D eigenvalue weighted by molar-refractivity contribution is 5.92. The number of hydrogen-bond acceptors (Lipinski definition) is 5. The Balaban J connectivity index is 1.41. The monoisotopic (exact) mass is 399 g/mol. The van der Waals surface area contributed by atoms with Crippen LogP contribution in [0.25, 0.3) is 22.9 Å². The minimum atomic E-state index is -0.246. The molecule has 0 radical (unpaired) electrons. The van der Waals surface area contributed by atoms with Gasteiger partial charge in [-0.2, -0.15) is 0 Å². The summed E-state index contributed by atoms with van der Waals surface area (Å²) in [5.41, 5.74) is 3.36. The number of carbonyl (C=O) groups excluding carboxylic acids is 1. The molecular weight excluding hydrogens is 378 g/mol. The molecule has 1 amide bonds. The molecule has 0 unspecified atom stereocenters. The second kappa shape index (κ2) is 9.05. The van der Waals surface area contributed by atoms with Crippen LogP contribution < -0.4 is 10.1 Å². The van der Waals surface area contributed by atoms with Gasteiger partial charge in [0.2, 0.25) is 11.8 Å². The molecule has 0 bridgehead atoms. The lowest BCUT2D eigenvalue weighted by Gasteiger charge is -2.09. The lowest BCUT2D eigenvalue weighted by molar-refractivity contribution is -0.118. The third-order valence-corrected chi connectivity index (χ3v) is 4.52. The van der Waals surface area contributed by atoms with E-state index in [4.69, 9.17) is 9.15 Å². The number of benzene rings is 3. The first-order valence-electron chi connectivity index (χ1n) is 9.72. The molecule has 4 rings (SSSR count). The van der Waals surface area contributed by atoms with Crippen LogP contribution in [0.3, 0.4) is 0 Å². The fourth-order valence-electron chi connectivity index (χ4n) is 2.97. The zero-order chi connectivity index (χ0) is 20.8. The van der Waals surface area contributed by atoms with Crippen molar-refractivity contribution in [3.05, 3.63) is 84.4 Å². The molecule has 0 fully saturated rings. The van der Waals surface area contributed by atoms with E-state index in [2.05, 4.69) is 22.4 Å². The molecule has 30 heavy (non-hydrogen) atoms. The standard InChI is InChI=1S/C24H21N3O3/c1-2-17-8-6-13-21(14-17)29-16-22(28)25-20-12-7-11-19(15-20)24-27-26-23(30-24)18-9-4-3-5-10-18/h3-15H,2,16H2,1H3,(H,25,28). The molecular formula is C24H21N3O3. The van der Waals surface area contributed by atoms with E-state index in [0.29, 0.717) is 23.2 Å². The molecule has 0 aliphatic rings. The van der Waals surface area contributed by atoms with Crippen LogP contribution in [0.4, 0.5) is 5.69 Å². The minimum absolute atomic E-state index is 0.0733. The average Bonchev–Trinajstić information content (AvgIpc) is 3.29. The summed E-state index contributed by atoms with van der Waals surface area (Å²) in [6.45, 7) is 2.00. The van der Waals surface area contributed by atoms with Crippen molar-refractivity contribution in [2.75, 3.05) is 11.9 Å². The summed E-state index contributed by atoms with van der Waals surface area (Å²) in [5, 5.41) is 11.1. The van der Waals surface area contributed by atoms with Gasteiger partial charge >= 0.3 is 0 Å². The van der Waals surface area contributed by atoms with Crippen molar-refractivity contribution < 1.29 is 13.9 Å². The van der Waals surface area contributed by atoms with Gasteiger partial charge in [-0.25, -0.2) is 0 Å². The van der Waals surface area contributed by atoms with E-state index in [1.165, 1.54) is 0 Å². The summed E-state index contributed by atoms with van der Waals surface area (Å²) < 4.78 is 11.4. The van der Waals surface area contributed by atoms with Crippen LogP contribution >= 0.6 is 0 Å². The van der Waals surface area contributed by atoms with E-state index in [9.17, 15) is 4.79 Å². The maximum absolute atomic E-state index is 12.3. The number of hydrogen-bond donors (Lipinski definition) is 1. The molecule has 3 aromatic carbocycles. The van der Waals surface area contributed by atoms with Gasteiger partial charge in [0.05, 0.1) is 0 Å². The highest BCUT2D eigenvalue weighted by Crippen LogP contribution is 2.25. The average molecular weight is 399 g/mol. The Hall–Kier alpha value is -3.93. The van der Waals surface area contributed by atoms with Crippen molar-refractivity contribution in [3.8, 4) is 28.7 Å². The van der Waals surface area contributed by atoms with Gasteiger partial charge in [0, 0.05) is 16.8 Å². The van der Waals surface area contributed by atoms with Gasteiger partial charge in [0.15, 0.2) is 6.61 Å². The van der Waals surface area contributed by atoms with E-state index in [1.807, 2.05) is 66.7 Å². The summed E-state index contributed by atoms with van der Waals surface area (Å²) in [6.07, 6.45) is 0.915. The summed E-state index contributed by atoms with van der Waals surface area (Å²) >= 11 is 0. The summed E-state index contributed by atoms with van der Waals surface area (Å²) in [6, 6.07) is 24.6. The molecule has 6 nitrogen and oxygen atoms in total. The zero-order valence-electron chi connectivity index (χ0n) is 16.5. The molecule has 1 aromatic heterocycles. The zero-order valence-corrected chi connectivity index (χ0v) is 16.5. The molecule has 0 aliphatic carbocycles. The van der Waals surface area contributed by atoms with Gasteiger partial charge in [-0.15, -0.1) is 10.2 Å². The molecule has 0 saturated heterocycles. The van der Waals surface area contributed by atoms with Crippen molar-refractivity contribution in [3.63, 3.8) is 0 Å². The minimum Gasteiger partial charge on any atom is -0.484 e. The van der Waals surface area contributed by atoms with E-state index >= 15 is 0 Å². The number of carbonyl (C=O) groups is 1. The number of aryl methyl sites for hydroxylation is 1. The van der Waals surface area contributed by atoms with Gasteiger partial charge in [0.25, 0.3) is 5.91 Å². The Morgan fingerprint density at radius 3 is 2.43 bits per heavy atom. The number of rotatable bonds is 7. The van der Waals surface area contributed by atoms with Crippen molar-refractivity contribution in [1.82, 2.24) is 10.2 Å². The summed E-state index contributed by atoms with van der Waals surface area (Å²) in [7, 11) is 0. The normalized spacial score (nSPS) is 10.6. The molecule has 0 aliphatic heterocycles. The van der Waals surface area contributed by atoms with Crippen molar-refractivity contribution in [2.45, 2.75) is 13.3 Å².